The van der Waals surface area contributed by atoms with Crippen molar-refractivity contribution in [3.05, 3.63) is 28.3 Å². The van der Waals surface area contributed by atoms with Crippen molar-refractivity contribution in [2.75, 3.05) is 5.43 Å². The Morgan fingerprint density at radius 1 is 1.30 bits per heavy atom. The number of hydrogen-bond acceptors (Lipinski definition) is 5. The van der Waals surface area contributed by atoms with Crippen molar-refractivity contribution in [2.24, 2.45) is 17.7 Å². The number of nitrogens with two attached hydrogens (primary N) is 1. The highest BCUT2D eigenvalue weighted by atomic mass is 16.6. The second-order valence-corrected chi connectivity index (χ2v) is 5.62. The van der Waals surface area contributed by atoms with E-state index in [1.54, 1.807) is 6.07 Å². The van der Waals surface area contributed by atoms with Crippen molar-refractivity contribution in [2.45, 2.75) is 39.2 Å². The number of non-ortho nitro benzene ring substituents is 1. The van der Waals surface area contributed by atoms with E-state index < -0.39 is 4.92 Å². The van der Waals surface area contributed by atoms with Crippen LogP contribution in [0, 0.1) is 22.0 Å². The SMILES string of the molecule is CC1CCC(Oc2cc(NN)cc([N+](=O)[O-])c2)CC1C. The van der Waals surface area contributed by atoms with Crippen molar-refractivity contribution in [1.29, 1.82) is 0 Å². The van der Waals surface area contributed by atoms with Gasteiger partial charge in [-0.25, -0.2) is 0 Å². The molecule has 0 bridgehead atoms. The molecular weight excluding hydrogens is 258 g/mol. The summed E-state index contributed by atoms with van der Waals surface area (Å²) in [5, 5.41) is 10.9. The minimum atomic E-state index is -0.445. The molecule has 20 heavy (non-hydrogen) atoms. The molecule has 0 saturated heterocycles. The minimum absolute atomic E-state index is 0.0207. The third-order valence-corrected chi connectivity index (χ3v) is 4.12. The van der Waals surface area contributed by atoms with Gasteiger partial charge in [0.1, 0.15) is 5.75 Å². The molecule has 6 heteroatoms. The summed E-state index contributed by atoms with van der Waals surface area (Å²) in [7, 11) is 0. The lowest BCUT2D eigenvalue weighted by molar-refractivity contribution is -0.384. The van der Waals surface area contributed by atoms with Gasteiger partial charge in [-0.2, -0.15) is 0 Å². The molecule has 0 spiro atoms. The maximum Gasteiger partial charge on any atom is 0.275 e. The number of ether oxygens (including phenoxy) is 1. The summed E-state index contributed by atoms with van der Waals surface area (Å²) >= 11 is 0. The highest BCUT2D eigenvalue weighted by Gasteiger charge is 2.26. The van der Waals surface area contributed by atoms with Crippen molar-refractivity contribution < 1.29 is 9.66 Å². The topological polar surface area (TPSA) is 90.4 Å². The summed E-state index contributed by atoms with van der Waals surface area (Å²) < 4.78 is 5.91. The number of nitro groups is 1. The number of nitrogens with zero attached hydrogens (tertiary/aromatic N) is 1. The Bertz CT molecular complexity index is 493. The van der Waals surface area contributed by atoms with Crippen LogP contribution in [-0.4, -0.2) is 11.0 Å². The molecule has 0 aliphatic heterocycles. The van der Waals surface area contributed by atoms with E-state index in [2.05, 4.69) is 19.3 Å². The fraction of sp³-hybridized carbons (Fsp3) is 0.571. The molecule has 1 aromatic rings. The molecule has 0 aromatic heterocycles. The van der Waals surface area contributed by atoms with E-state index in [0.29, 0.717) is 23.3 Å². The predicted octanol–water partition coefficient (Wildman–Crippen LogP) is 3.08. The van der Waals surface area contributed by atoms with Crippen molar-refractivity contribution in [3.8, 4) is 5.75 Å². The Kier molecular flexibility index (Phi) is 4.44. The Hall–Kier alpha value is -1.82. The molecule has 3 unspecified atom stereocenters. The first-order chi connectivity index (χ1) is 9.49. The normalized spacial score (nSPS) is 26.1. The summed E-state index contributed by atoms with van der Waals surface area (Å²) in [6, 6.07) is 4.53. The predicted molar refractivity (Wildman–Crippen MR) is 77.5 cm³/mol. The zero-order valence-electron chi connectivity index (χ0n) is 11.8. The Morgan fingerprint density at radius 3 is 2.65 bits per heavy atom. The highest BCUT2D eigenvalue weighted by Crippen LogP contribution is 2.33. The van der Waals surface area contributed by atoms with Crippen LogP contribution in [0.1, 0.15) is 33.1 Å². The van der Waals surface area contributed by atoms with E-state index in [1.807, 2.05) is 0 Å². The molecule has 1 aliphatic carbocycles. The van der Waals surface area contributed by atoms with Crippen LogP contribution in [0.5, 0.6) is 5.75 Å². The molecule has 3 N–H and O–H groups in total. The first-order valence-corrected chi connectivity index (χ1v) is 6.92. The summed E-state index contributed by atoms with van der Waals surface area (Å²) in [5.41, 5.74) is 2.89. The molecule has 0 heterocycles. The van der Waals surface area contributed by atoms with Gasteiger partial charge < -0.3 is 10.2 Å². The van der Waals surface area contributed by atoms with E-state index in [4.69, 9.17) is 10.6 Å². The van der Waals surface area contributed by atoms with Crippen molar-refractivity contribution in [1.82, 2.24) is 0 Å². The molecule has 0 radical (unpaired) electrons. The summed E-state index contributed by atoms with van der Waals surface area (Å²) in [4.78, 5) is 10.4. The van der Waals surface area contributed by atoms with Crippen molar-refractivity contribution in [3.63, 3.8) is 0 Å². The van der Waals surface area contributed by atoms with Crippen LogP contribution in [0.2, 0.25) is 0 Å². The molecule has 2 rings (SSSR count). The van der Waals surface area contributed by atoms with Gasteiger partial charge in [0.25, 0.3) is 5.69 Å². The van der Waals surface area contributed by atoms with Gasteiger partial charge in [0.15, 0.2) is 0 Å². The van der Waals surface area contributed by atoms with Crippen LogP contribution in [0.4, 0.5) is 11.4 Å². The second kappa shape index (κ2) is 6.09. The average Bonchev–Trinajstić information content (AvgIpc) is 2.42. The smallest absolute Gasteiger partial charge is 0.275 e. The standard InChI is InChI=1S/C14H21N3O3/c1-9-3-4-13(5-10(9)2)20-14-7-11(16-15)6-12(8-14)17(18)19/h6-10,13,16H,3-5,15H2,1-2H3. The van der Waals surface area contributed by atoms with Gasteiger partial charge in [0, 0.05) is 12.1 Å². The quantitative estimate of drug-likeness (QED) is 0.502. The Labute approximate surface area is 118 Å². The van der Waals surface area contributed by atoms with Crippen LogP contribution in [0.3, 0.4) is 0 Å². The van der Waals surface area contributed by atoms with E-state index in [1.165, 1.54) is 12.1 Å². The van der Waals surface area contributed by atoms with Crippen LogP contribution in [0.25, 0.3) is 0 Å². The molecule has 6 nitrogen and oxygen atoms in total. The molecule has 3 atom stereocenters. The van der Waals surface area contributed by atoms with Crippen LogP contribution in [0.15, 0.2) is 18.2 Å². The number of anilines is 1. The molecule has 0 amide bonds. The van der Waals surface area contributed by atoms with Gasteiger partial charge in [0.2, 0.25) is 0 Å². The number of hydrogen-bond donors (Lipinski definition) is 2. The Morgan fingerprint density at radius 2 is 2.05 bits per heavy atom. The van der Waals surface area contributed by atoms with E-state index in [9.17, 15) is 10.1 Å². The van der Waals surface area contributed by atoms with Crippen LogP contribution in [-0.2, 0) is 0 Å². The molecule has 110 valence electrons. The molecule has 1 saturated carbocycles. The number of rotatable bonds is 4. The number of nitro benzene ring substituents is 1. The van der Waals surface area contributed by atoms with Gasteiger partial charge in [-0.15, -0.1) is 0 Å². The van der Waals surface area contributed by atoms with E-state index >= 15 is 0 Å². The van der Waals surface area contributed by atoms with E-state index in [0.717, 1.165) is 19.3 Å². The molecular formula is C14H21N3O3. The fourth-order valence-corrected chi connectivity index (χ4v) is 2.64. The third kappa shape index (κ3) is 3.39. The number of hydrazine groups is 1. The molecule has 1 aliphatic rings. The zero-order valence-corrected chi connectivity index (χ0v) is 11.8. The average molecular weight is 279 g/mol. The first-order valence-electron chi connectivity index (χ1n) is 6.92. The third-order valence-electron chi connectivity index (χ3n) is 4.12. The van der Waals surface area contributed by atoms with Gasteiger partial charge >= 0.3 is 0 Å². The largest absolute Gasteiger partial charge is 0.490 e. The van der Waals surface area contributed by atoms with Gasteiger partial charge in [-0.05, 0) is 31.1 Å². The number of nitrogen functional groups attached to an aromatic ring is 1. The minimum Gasteiger partial charge on any atom is -0.490 e. The number of nitrogens with one attached hydrogen (secondary N) is 1. The summed E-state index contributed by atoms with van der Waals surface area (Å²) in [5.74, 6) is 7.15. The van der Waals surface area contributed by atoms with Gasteiger partial charge in [-0.3, -0.25) is 16.0 Å². The lowest BCUT2D eigenvalue weighted by atomic mass is 9.80. The zero-order chi connectivity index (χ0) is 14.7. The van der Waals surface area contributed by atoms with Crippen LogP contribution < -0.4 is 16.0 Å². The number of benzene rings is 1. The monoisotopic (exact) mass is 279 g/mol. The maximum absolute atomic E-state index is 10.9. The molecule has 1 fully saturated rings. The molecule has 1 aromatic carbocycles. The summed E-state index contributed by atoms with van der Waals surface area (Å²) in [6.45, 7) is 4.48. The van der Waals surface area contributed by atoms with Crippen molar-refractivity contribution >= 4 is 11.4 Å². The second-order valence-electron chi connectivity index (χ2n) is 5.62. The van der Waals surface area contributed by atoms with Crippen LogP contribution >= 0.6 is 0 Å². The van der Waals surface area contributed by atoms with E-state index in [-0.39, 0.29) is 11.8 Å². The lowest BCUT2D eigenvalue weighted by Crippen LogP contribution is -2.28. The Balaban J connectivity index is 2.12. The highest BCUT2D eigenvalue weighted by molar-refractivity contribution is 5.55. The van der Waals surface area contributed by atoms with Gasteiger partial charge in [0.05, 0.1) is 22.8 Å². The fourth-order valence-electron chi connectivity index (χ4n) is 2.64. The van der Waals surface area contributed by atoms with Gasteiger partial charge in [-0.1, -0.05) is 13.8 Å². The summed E-state index contributed by atoms with van der Waals surface area (Å²) in [6.07, 6.45) is 3.21. The first kappa shape index (κ1) is 14.6. The lowest BCUT2D eigenvalue weighted by Gasteiger charge is -2.32. The maximum atomic E-state index is 10.9.